The van der Waals surface area contributed by atoms with E-state index in [1.54, 1.807) is 17.0 Å². The van der Waals surface area contributed by atoms with Crippen LogP contribution in [0.3, 0.4) is 0 Å². The van der Waals surface area contributed by atoms with E-state index in [1.807, 2.05) is 25.1 Å². The van der Waals surface area contributed by atoms with Crippen LogP contribution in [0.15, 0.2) is 30.4 Å². The number of unbranched alkanes of at least 4 members (excludes halogenated alkanes) is 1. The Morgan fingerprint density at radius 3 is 2.73 bits per heavy atom. The van der Waals surface area contributed by atoms with Gasteiger partial charge in [-0.15, -0.1) is 0 Å². The summed E-state index contributed by atoms with van der Waals surface area (Å²) in [6.07, 6.45) is 8.03. The van der Waals surface area contributed by atoms with Gasteiger partial charge in [0, 0.05) is 23.3 Å². The van der Waals surface area contributed by atoms with Crippen LogP contribution in [0.5, 0.6) is 0 Å². The first kappa shape index (κ1) is 26.2. The summed E-state index contributed by atoms with van der Waals surface area (Å²) in [5.74, 6) is -1.19. The van der Waals surface area contributed by atoms with Gasteiger partial charge in [0.2, 0.25) is 17.7 Å². The number of anilines is 1. The molecule has 1 spiro atoms. The molecule has 1 aliphatic carbocycles. The predicted molar refractivity (Wildman–Crippen MR) is 143 cm³/mol. The maximum absolute atomic E-state index is 13.9. The molecule has 3 fully saturated rings. The molecule has 2 saturated heterocycles. The van der Waals surface area contributed by atoms with E-state index in [0.29, 0.717) is 29.1 Å². The Labute approximate surface area is 224 Å². The zero-order valence-electron chi connectivity index (χ0n) is 22.1. The quantitative estimate of drug-likeness (QED) is 0.512. The number of fused-ring (bicyclic) bond motifs is 1. The number of aryl methyl sites for hydroxylation is 1. The third-order valence-corrected chi connectivity index (χ3v) is 9.56. The van der Waals surface area contributed by atoms with Crippen LogP contribution in [-0.2, 0) is 19.1 Å². The van der Waals surface area contributed by atoms with Crippen molar-refractivity contribution in [1.82, 2.24) is 10.2 Å². The van der Waals surface area contributed by atoms with Gasteiger partial charge < -0.3 is 20.3 Å². The SMILES string of the molecule is CCCCN1C(=O)[C@H]2[C@H](C(=O)Nc3ccc(C)c(Cl)c3)[C@H]3C=C[C@@]2(O3)[C@@H]1C(=O)N[C@@H]1CCC[C@@H](C)[C@@H]1C. The largest absolute Gasteiger partial charge is 0.359 e. The van der Waals surface area contributed by atoms with E-state index in [0.717, 1.165) is 31.2 Å². The van der Waals surface area contributed by atoms with Gasteiger partial charge in [-0.25, -0.2) is 0 Å². The molecule has 7 nitrogen and oxygen atoms in total. The Morgan fingerprint density at radius 2 is 2.00 bits per heavy atom. The van der Waals surface area contributed by atoms with Crippen molar-refractivity contribution in [2.75, 3.05) is 11.9 Å². The number of nitrogens with zero attached hydrogens (tertiary/aromatic N) is 1. The molecule has 3 heterocycles. The van der Waals surface area contributed by atoms with E-state index < -0.39 is 29.6 Å². The highest BCUT2D eigenvalue weighted by Gasteiger charge is 2.72. The monoisotopic (exact) mass is 527 g/mol. The molecule has 0 aromatic heterocycles. The zero-order valence-corrected chi connectivity index (χ0v) is 22.9. The third kappa shape index (κ3) is 4.38. The molecule has 37 heavy (non-hydrogen) atoms. The lowest BCUT2D eigenvalue weighted by Crippen LogP contribution is -2.58. The standard InChI is InChI=1S/C29H38ClN3O4/c1-5-6-14-33-25(27(35)32-21-9-7-8-16(2)18(21)4)29-13-12-22(37-29)23(24(29)28(33)36)26(34)31-19-11-10-17(3)20(30)15-19/h10-13,15-16,18,21-25H,5-9,14H2,1-4H3,(H,31,34)(H,32,35)/t16-,18+,21-,22-,23-,24-,25+,29+/m1/s1. The van der Waals surface area contributed by atoms with Crippen molar-refractivity contribution < 1.29 is 19.1 Å². The second kappa shape index (κ2) is 10.1. The van der Waals surface area contributed by atoms with Gasteiger partial charge in [-0.1, -0.05) is 69.9 Å². The first-order chi connectivity index (χ1) is 17.7. The molecule has 4 aliphatic rings. The first-order valence-corrected chi connectivity index (χ1v) is 14.1. The minimum Gasteiger partial charge on any atom is -0.359 e. The van der Waals surface area contributed by atoms with Crippen molar-refractivity contribution in [2.24, 2.45) is 23.7 Å². The van der Waals surface area contributed by atoms with Crippen molar-refractivity contribution >= 4 is 35.0 Å². The second-order valence-corrected chi connectivity index (χ2v) is 11.8. The number of hydrogen-bond donors (Lipinski definition) is 2. The average Bonchev–Trinajstić information content (AvgIpc) is 3.50. The molecule has 200 valence electrons. The molecule has 2 bridgehead atoms. The zero-order chi connectivity index (χ0) is 26.5. The van der Waals surface area contributed by atoms with E-state index in [-0.39, 0.29) is 23.8 Å². The maximum Gasteiger partial charge on any atom is 0.246 e. The predicted octanol–water partition coefficient (Wildman–Crippen LogP) is 4.48. The number of benzene rings is 1. The number of halogens is 1. The van der Waals surface area contributed by atoms with Crippen LogP contribution in [0.4, 0.5) is 5.69 Å². The summed E-state index contributed by atoms with van der Waals surface area (Å²) in [7, 11) is 0. The topological polar surface area (TPSA) is 87.7 Å². The molecule has 1 aromatic rings. The van der Waals surface area contributed by atoms with E-state index in [9.17, 15) is 14.4 Å². The van der Waals surface area contributed by atoms with Gasteiger partial charge in [-0.2, -0.15) is 0 Å². The molecule has 0 radical (unpaired) electrons. The number of ether oxygens (including phenoxy) is 1. The van der Waals surface area contributed by atoms with Gasteiger partial charge in [0.05, 0.1) is 17.9 Å². The molecule has 8 heteroatoms. The van der Waals surface area contributed by atoms with Gasteiger partial charge >= 0.3 is 0 Å². The number of nitrogens with one attached hydrogen (secondary N) is 2. The van der Waals surface area contributed by atoms with Gasteiger partial charge in [-0.05, 0) is 49.3 Å². The molecular weight excluding hydrogens is 490 g/mol. The lowest BCUT2D eigenvalue weighted by atomic mass is 9.73. The molecule has 8 atom stereocenters. The van der Waals surface area contributed by atoms with Gasteiger partial charge in [0.25, 0.3) is 0 Å². The summed E-state index contributed by atoms with van der Waals surface area (Å²) in [4.78, 5) is 43.0. The summed E-state index contributed by atoms with van der Waals surface area (Å²) in [5, 5.41) is 6.79. The van der Waals surface area contributed by atoms with Crippen LogP contribution in [0.1, 0.15) is 58.4 Å². The maximum atomic E-state index is 13.9. The Hall–Kier alpha value is -2.38. The fourth-order valence-electron chi connectivity index (χ4n) is 6.78. The smallest absolute Gasteiger partial charge is 0.246 e. The highest BCUT2D eigenvalue weighted by Crippen LogP contribution is 2.55. The van der Waals surface area contributed by atoms with E-state index in [4.69, 9.17) is 16.3 Å². The van der Waals surface area contributed by atoms with E-state index >= 15 is 0 Å². The second-order valence-electron chi connectivity index (χ2n) is 11.4. The molecule has 1 aromatic carbocycles. The normalized spacial score (nSPS) is 36.1. The Bertz CT molecular complexity index is 1120. The lowest BCUT2D eigenvalue weighted by molar-refractivity contribution is -0.141. The number of carbonyl (C=O) groups is 3. The number of amides is 3. The lowest BCUT2D eigenvalue weighted by Gasteiger charge is -2.38. The molecular formula is C29H38ClN3O4. The number of rotatable bonds is 7. The first-order valence-electron chi connectivity index (χ1n) is 13.7. The minimum absolute atomic E-state index is 0.0720. The van der Waals surface area contributed by atoms with Crippen molar-refractivity contribution in [1.29, 1.82) is 0 Å². The number of likely N-dealkylation sites (tertiary alicyclic amines) is 1. The summed E-state index contributed by atoms with van der Waals surface area (Å²) < 4.78 is 6.43. The third-order valence-electron chi connectivity index (χ3n) is 9.15. The molecule has 0 unspecified atom stereocenters. The molecule has 3 aliphatic heterocycles. The van der Waals surface area contributed by atoms with E-state index in [1.165, 1.54) is 6.42 Å². The molecule has 3 amide bonds. The van der Waals surface area contributed by atoms with Gasteiger partial charge in [0.1, 0.15) is 11.6 Å². The summed E-state index contributed by atoms with van der Waals surface area (Å²) in [6.45, 7) is 8.85. The fourth-order valence-corrected chi connectivity index (χ4v) is 6.96. The summed E-state index contributed by atoms with van der Waals surface area (Å²) in [5.41, 5.74) is 0.359. The highest BCUT2D eigenvalue weighted by atomic mass is 35.5. The van der Waals surface area contributed by atoms with Gasteiger partial charge in [0.15, 0.2) is 0 Å². The van der Waals surface area contributed by atoms with Crippen LogP contribution < -0.4 is 10.6 Å². The Balaban J connectivity index is 1.42. The molecule has 2 N–H and O–H groups in total. The minimum atomic E-state index is -1.13. The van der Waals surface area contributed by atoms with Crippen LogP contribution in [0.2, 0.25) is 5.02 Å². The Kier molecular flexibility index (Phi) is 7.14. The van der Waals surface area contributed by atoms with Crippen molar-refractivity contribution in [3.8, 4) is 0 Å². The number of hydrogen-bond acceptors (Lipinski definition) is 4. The van der Waals surface area contributed by atoms with Crippen LogP contribution in [-0.4, -0.2) is 53.0 Å². The Morgan fingerprint density at radius 1 is 1.22 bits per heavy atom. The van der Waals surface area contributed by atoms with E-state index in [2.05, 4.69) is 31.4 Å². The fraction of sp³-hybridized carbons (Fsp3) is 0.621. The molecule has 5 rings (SSSR count). The van der Waals surface area contributed by atoms with Crippen LogP contribution >= 0.6 is 11.6 Å². The van der Waals surface area contributed by atoms with Crippen LogP contribution in [0.25, 0.3) is 0 Å². The average molecular weight is 528 g/mol. The van der Waals surface area contributed by atoms with Crippen molar-refractivity contribution in [3.63, 3.8) is 0 Å². The summed E-state index contributed by atoms with van der Waals surface area (Å²) in [6, 6.07) is 4.64. The van der Waals surface area contributed by atoms with Crippen molar-refractivity contribution in [2.45, 2.75) is 83.6 Å². The van der Waals surface area contributed by atoms with Gasteiger partial charge in [-0.3, -0.25) is 14.4 Å². The number of carbonyl (C=O) groups excluding carboxylic acids is 3. The summed E-state index contributed by atoms with van der Waals surface area (Å²) >= 11 is 6.26. The molecule has 1 saturated carbocycles. The van der Waals surface area contributed by atoms with Crippen LogP contribution in [0, 0.1) is 30.6 Å². The highest BCUT2D eigenvalue weighted by molar-refractivity contribution is 6.31. The van der Waals surface area contributed by atoms with Crippen molar-refractivity contribution in [3.05, 3.63) is 40.9 Å².